The lowest BCUT2D eigenvalue weighted by Crippen LogP contribution is -2.19. The van der Waals surface area contributed by atoms with Gasteiger partial charge in [0.1, 0.15) is 23.4 Å². The second-order valence-electron chi connectivity index (χ2n) is 5.19. The Balaban J connectivity index is 2.24. The first-order valence-corrected chi connectivity index (χ1v) is 6.36. The van der Waals surface area contributed by atoms with E-state index in [1.165, 1.54) is 12.1 Å². The first-order valence-electron chi connectivity index (χ1n) is 6.36. The third-order valence-corrected chi connectivity index (χ3v) is 3.43. The van der Waals surface area contributed by atoms with Gasteiger partial charge in [-0.05, 0) is 35.7 Å². The minimum atomic E-state index is -0.254. The monoisotopic (exact) mass is 258 g/mol. The van der Waals surface area contributed by atoms with Crippen LogP contribution >= 0.6 is 0 Å². The van der Waals surface area contributed by atoms with E-state index in [0.717, 1.165) is 16.7 Å². The van der Waals surface area contributed by atoms with Crippen molar-refractivity contribution in [2.24, 2.45) is 5.92 Å². The van der Waals surface area contributed by atoms with Gasteiger partial charge in [0.25, 0.3) is 0 Å². The van der Waals surface area contributed by atoms with E-state index in [2.05, 4.69) is 0 Å². The Labute approximate surface area is 111 Å². The second kappa shape index (κ2) is 4.26. The first kappa shape index (κ1) is 12.0. The van der Waals surface area contributed by atoms with E-state index in [1.807, 2.05) is 13.8 Å². The van der Waals surface area contributed by atoms with E-state index >= 15 is 0 Å². The van der Waals surface area contributed by atoms with E-state index < -0.39 is 0 Å². The highest BCUT2D eigenvalue weighted by Crippen LogP contribution is 2.45. The molecule has 0 radical (unpaired) electrons. The molecule has 0 aromatic heterocycles. The smallest absolute Gasteiger partial charge is 0.131 e. The van der Waals surface area contributed by atoms with Crippen LogP contribution in [0.25, 0.3) is 11.1 Å². The average Bonchev–Trinajstić information content (AvgIpc) is 2.37. The van der Waals surface area contributed by atoms with Crippen LogP contribution in [0.5, 0.6) is 11.5 Å². The average molecular weight is 258 g/mol. The number of aromatic hydroxyl groups is 1. The van der Waals surface area contributed by atoms with Crippen molar-refractivity contribution in [2.75, 3.05) is 0 Å². The molecular weight excluding hydrogens is 243 g/mol. The normalized spacial score (nSPS) is 16.7. The highest BCUT2D eigenvalue weighted by Gasteiger charge is 2.28. The summed E-state index contributed by atoms with van der Waals surface area (Å²) in [5.74, 6) is 0.788. The third kappa shape index (κ3) is 1.95. The molecule has 1 heterocycles. The molecule has 0 fully saturated rings. The predicted octanol–water partition coefficient (Wildman–Crippen LogP) is 4.29. The molecule has 19 heavy (non-hydrogen) atoms. The van der Waals surface area contributed by atoms with E-state index in [9.17, 15) is 9.50 Å². The zero-order chi connectivity index (χ0) is 13.6. The van der Waals surface area contributed by atoms with Gasteiger partial charge in [-0.25, -0.2) is 4.39 Å². The van der Waals surface area contributed by atoms with Gasteiger partial charge in [-0.1, -0.05) is 19.9 Å². The van der Waals surface area contributed by atoms with Crippen LogP contribution in [0.1, 0.15) is 25.5 Å². The van der Waals surface area contributed by atoms with E-state index in [0.29, 0.717) is 5.75 Å². The molecule has 2 nitrogen and oxygen atoms in total. The number of halogens is 1. The predicted molar refractivity (Wildman–Crippen MR) is 71.7 cm³/mol. The van der Waals surface area contributed by atoms with Crippen LogP contribution in [0.4, 0.5) is 4.39 Å². The topological polar surface area (TPSA) is 29.5 Å². The summed E-state index contributed by atoms with van der Waals surface area (Å²) in [5, 5.41) is 9.57. The molecule has 3 rings (SSSR count). The Morgan fingerprint density at radius 3 is 2.58 bits per heavy atom. The maximum Gasteiger partial charge on any atom is 0.131 e. The Morgan fingerprint density at radius 1 is 1.11 bits per heavy atom. The zero-order valence-corrected chi connectivity index (χ0v) is 10.9. The molecule has 0 bridgehead atoms. The Hall–Kier alpha value is -2.03. The van der Waals surface area contributed by atoms with Gasteiger partial charge in [0.15, 0.2) is 0 Å². The third-order valence-electron chi connectivity index (χ3n) is 3.43. The van der Waals surface area contributed by atoms with Crippen LogP contribution in [0.15, 0.2) is 36.4 Å². The second-order valence-corrected chi connectivity index (χ2v) is 5.19. The van der Waals surface area contributed by atoms with Crippen molar-refractivity contribution in [3.8, 4) is 22.6 Å². The molecule has 1 atom stereocenters. The van der Waals surface area contributed by atoms with Gasteiger partial charge in [0.2, 0.25) is 0 Å². The molecule has 1 N–H and O–H groups in total. The minimum absolute atomic E-state index is 0.173. The summed E-state index contributed by atoms with van der Waals surface area (Å²) in [7, 11) is 0. The van der Waals surface area contributed by atoms with Crippen molar-refractivity contribution < 1.29 is 14.2 Å². The van der Waals surface area contributed by atoms with Crippen molar-refractivity contribution in [1.29, 1.82) is 0 Å². The van der Waals surface area contributed by atoms with Gasteiger partial charge >= 0.3 is 0 Å². The van der Waals surface area contributed by atoms with Crippen molar-refractivity contribution in [3.63, 3.8) is 0 Å². The SMILES string of the molecule is CC(C)[C@H]1Oc2cc(O)ccc2-c2ccc(F)cc21. The van der Waals surface area contributed by atoms with Gasteiger partial charge < -0.3 is 9.84 Å². The summed E-state index contributed by atoms with van der Waals surface area (Å²) >= 11 is 0. The highest BCUT2D eigenvalue weighted by molar-refractivity contribution is 5.76. The van der Waals surface area contributed by atoms with Crippen LogP contribution in [0.2, 0.25) is 0 Å². The molecule has 2 aromatic carbocycles. The van der Waals surface area contributed by atoms with Gasteiger partial charge in [0.05, 0.1) is 0 Å². The summed E-state index contributed by atoms with van der Waals surface area (Å²) in [4.78, 5) is 0. The van der Waals surface area contributed by atoms with Crippen LogP contribution < -0.4 is 4.74 Å². The van der Waals surface area contributed by atoms with Crippen LogP contribution in [0, 0.1) is 11.7 Å². The highest BCUT2D eigenvalue weighted by atomic mass is 19.1. The number of ether oxygens (including phenoxy) is 1. The summed E-state index contributed by atoms with van der Waals surface area (Å²) in [6.07, 6.45) is -0.194. The summed E-state index contributed by atoms with van der Waals surface area (Å²) < 4.78 is 19.4. The van der Waals surface area contributed by atoms with Gasteiger partial charge in [-0.3, -0.25) is 0 Å². The van der Waals surface area contributed by atoms with Crippen molar-refractivity contribution >= 4 is 0 Å². The lowest BCUT2D eigenvalue weighted by atomic mass is 9.88. The number of phenolic OH excluding ortho intramolecular Hbond substituents is 1. The number of hydrogen-bond acceptors (Lipinski definition) is 2. The molecule has 1 aliphatic heterocycles. The van der Waals surface area contributed by atoms with E-state index in [-0.39, 0.29) is 23.6 Å². The Morgan fingerprint density at radius 2 is 1.84 bits per heavy atom. The summed E-state index contributed by atoms with van der Waals surface area (Å²) in [6.45, 7) is 4.07. The Kier molecular flexibility index (Phi) is 2.70. The van der Waals surface area contributed by atoms with Crippen molar-refractivity contribution in [3.05, 3.63) is 47.8 Å². The standard InChI is InChI=1S/C16H15FO2/c1-9(2)16-14-7-10(17)3-5-12(14)13-6-4-11(18)8-15(13)19-16/h3-9,16,18H,1-2H3/t16-/m1/s1. The Bertz CT molecular complexity index is 635. The number of fused-ring (bicyclic) bond motifs is 3. The fourth-order valence-corrected chi connectivity index (χ4v) is 2.54. The minimum Gasteiger partial charge on any atom is -0.508 e. The fraction of sp³-hybridized carbons (Fsp3) is 0.250. The maximum atomic E-state index is 13.5. The van der Waals surface area contributed by atoms with Crippen LogP contribution in [0.3, 0.4) is 0 Å². The van der Waals surface area contributed by atoms with E-state index in [4.69, 9.17) is 4.74 Å². The molecule has 0 spiro atoms. The lowest BCUT2D eigenvalue weighted by Gasteiger charge is -2.31. The molecule has 0 amide bonds. The molecule has 0 saturated heterocycles. The molecule has 0 aliphatic carbocycles. The number of hydrogen-bond donors (Lipinski definition) is 1. The maximum absolute atomic E-state index is 13.5. The summed E-state index contributed by atoms with van der Waals surface area (Å²) in [5.41, 5.74) is 2.74. The molecular formula is C16H15FO2. The summed E-state index contributed by atoms with van der Waals surface area (Å²) in [6, 6.07) is 9.80. The fourth-order valence-electron chi connectivity index (χ4n) is 2.54. The van der Waals surface area contributed by atoms with Crippen LogP contribution in [-0.4, -0.2) is 5.11 Å². The first-order chi connectivity index (χ1) is 9.06. The number of rotatable bonds is 1. The molecule has 0 unspecified atom stereocenters. The molecule has 1 aliphatic rings. The lowest BCUT2D eigenvalue weighted by molar-refractivity contribution is 0.150. The molecule has 98 valence electrons. The van der Waals surface area contributed by atoms with E-state index in [1.54, 1.807) is 24.3 Å². The number of benzene rings is 2. The largest absolute Gasteiger partial charge is 0.508 e. The van der Waals surface area contributed by atoms with Crippen molar-refractivity contribution in [2.45, 2.75) is 20.0 Å². The van der Waals surface area contributed by atoms with Gasteiger partial charge in [-0.15, -0.1) is 0 Å². The molecule has 0 saturated carbocycles. The molecule has 3 heteroatoms. The quantitative estimate of drug-likeness (QED) is 0.826. The van der Waals surface area contributed by atoms with Gasteiger partial charge in [-0.2, -0.15) is 0 Å². The van der Waals surface area contributed by atoms with Gasteiger partial charge in [0, 0.05) is 17.2 Å². The number of phenols is 1. The van der Waals surface area contributed by atoms with Crippen molar-refractivity contribution in [1.82, 2.24) is 0 Å². The zero-order valence-electron chi connectivity index (χ0n) is 10.9. The van der Waals surface area contributed by atoms with Crippen LogP contribution in [-0.2, 0) is 0 Å². The molecule has 2 aromatic rings.